The van der Waals surface area contributed by atoms with Crippen LogP contribution >= 0.6 is 0 Å². The summed E-state index contributed by atoms with van der Waals surface area (Å²) in [5.41, 5.74) is 2.73. The van der Waals surface area contributed by atoms with Crippen molar-refractivity contribution in [2.45, 2.75) is 47.1 Å². The second-order valence-electron chi connectivity index (χ2n) is 4.07. The highest BCUT2D eigenvalue weighted by Crippen LogP contribution is 2.01. The quantitative estimate of drug-likeness (QED) is 0.507. The third-order valence-electron chi connectivity index (χ3n) is 1.68. The largest absolute Gasteiger partial charge is 0.314 e. The number of nitrogens with one attached hydrogen (secondary N) is 1. The van der Waals surface area contributed by atoms with Crippen molar-refractivity contribution < 1.29 is 0 Å². The first-order valence-electron chi connectivity index (χ1n) is 5.07. The smallest absolute Gasteiger partial charge is 0.00105 e. The van der Waals surface area contributed by atoms with Crippen molar-refractivity contribution in [3.05, 3.63) is 23.3 Å². The molecule has 0 aromatic heterocycles. The number of hydrogen-bond donors (Lipinski definition) is 1. The van der Waals surface area contributed by atoms with Crippen molar-refractivity contribution >= 4 is 0 Å². The van der Waals surface area contributed by atoms with Crippen LogP contribution in [-0.2, 0) is 0 Å². The molecule has 0 rings (SSSR count). The molecular weight excluding hydrogens is 158 g/mol. The zero-order valence-electron chi connectivity index (χ0n) is 9.65. The molecule has 0 fully saturated rings. The SMILES string of the molecule is CC(C)=CC(C)=CCCNC(C)C. The fourth-order valence-corrected chi connectivity index (χ4v) is 1.19. The van der Waals surface area contributed by atoms with Crippen molar-refractivity contribution in [2.75, 3.05) is 6.54 Å². The van der Waals surface area contributed by atoms with Gasteiger partial charge in [-0.3, -0.25) is 0 Å². The summed E-state index contributed by atoms with van der Waals surface area (Å²) in [4.78, 5) is 0. The molecule has 1 nitrogen and oxygen atoms in total. The Hall–Kier alpha value is -0.560. The highest BCUT2D eigenvalue weighted by Gasteiger charge is 1.89. The molecule has 1 N–H and O–H groups in total. The van der Waals surface area contributed by atoms with Gasteiger partial charge in [0.1, 0.15) is 0 Å². The molecule has 0 saturated carbocycles. The van der Waals surface area contributed by atoms with Gasteiger partial charge >= 0.3 is 0 Å². The fourth-order valence-electron chi connectivity index (χ4n) is 1.19. The van der Waals surface area contributed by atoms with Gasteiger partial charge in [0.2, 0.25) is 0 Å². The Morgan fingerprint density at radius 1 is 1.23 bits per heavy atom. The van der Waals surface area contributed by atoms with E-state index in [9.17, 15) is 0 Å². The second-order valence-corrected chi connectivity index (χ2v) is 4.07. The first-order chi connectivity index (χ1) is 6.02. The Morgan fingerprint density at radius 3 is 2.31 bits per heavy atom. The van der Waals surface area contributed by atoms with Crippen LogP contribution in [0.25, 0.3) is 0 Å². The van der Waals surface area contributed by atoms with Gasteiger partial charge in [-0.05, 0) is 33.7 Å². The maximum Gasteiger partial charge on any atom is 0.00105 e. The summed E-state index contributed by atoms with van der Waals surface area (Å²) in [6.45, 7) is 11.8. The molecule has 76 valence electrons. The molecule has 0 aliphatic carbocycles. The minimum atomic E-state index is 0.595. The van der Waals surface area contributed by atoms with Gasteiger partial charge in [0.05, 0.1) is 0 Å². The van der Waals surface area contributed by atoms with Gasteiger partial charge in [0.15, 0.2) is 0 Å². The van der Waals surface area contributed by atoms with E-state index in [1.54, 1.807) is 0 Å². The van der Waals surface area contributed by atoms with Gasteiger partial charge in [0.25, 0.3) is 0 Å². The first kappa shape index (κ1) is 12.4. The van der Waals surface area contributed by atoms with Crippen molar-refractivity contribution in [2.24, 2.45) is 0 Å². The predicted molar refractivity (Wildman–Crippen MR) is 60.9 cm³/mol. The van der Waals surface area contributed by atoms with Crippen molar-refractivity contribution in [3.63, 3.8) is 0 Å². The third-order valence-corrected chi connectivity index (χ3v) is 1.68. The summed E-state index contributed by atoms with van der Waals surface area (Å²) in [7, 11) is 0. The van der Waals surface area contributed by atoms with Crippen molar-refractivity contribution in [3.8, 4) is 0 Å². The number of rotatable bonds is 5. The highest BCUT2D eigenvalue weighted by molar-refractivity contribution is 5.19. The summed E-state index contributed by atoms with van der Waals surface area (Å²) >= 11 is 0. The monoisotopic (exact) mass is 181 g/mol. The van der Waals surface area contributed by atoms with Gasteiger partial charge < -0.3 is 5.32 Å². The molecule has 0 aromatic carbocycles. The Bertz CT molecular complexity index is 183. The van der Waals surface area contributed by atoms with Gasteiger partial charge in [-0.25, -0.2) is 0 Å². The first-order valence-corrected chi connectivity index (χ1v) is 5.07. The maximum absolute atomic E-state index is 3.39. The average molecular weight is 181 g/mol. The van der Waals surface area contributed by atoms with Crippen LogP contribution in [0.1, 0.15) is 41.0 Å². The van der Waals surface area contributed by atoms with Crippen LogP contribution in [0.15, 0.2) is 23.3 Å². The van der Waals surface area contributed by atoms with Crippen molar-refractivity contribution in [1.82, 2.24) is 5.32 Å². The van der Waals surface area contributed by atoms with Gasteiger partial charge in [-0.2, -0.15) is 0 Å². The lowest BCUT2D eigenvalue weighted by atomic mass is 10.2. The fraction of sp³-hybridized carbons (Fsp3) is 0.667. The summed E-state index contributed by atoms with van der Waals surface area (Å²) in [6.07, 6.45) is 5.62. The molecule has 0 radical (unpaired) electrons. The Labute approximate surface area is 82.9 Å². The Morgan fingerprint density at radius 2 is 1.85 bits per heavy atom. The Balaban J connectivity index is 3.66. The Kier molecular flexibility index (Phi) is 6.61. The molecule has 0 saturated heterocycles. The van der Waals surface area contributed by atoms with Crippen LogP contribution in [0.2, 0.25) is 0 Å². The summed E-state index contributed by atoms with van der Waals surface area (Å²) in [6, 6.07) is 0.595. The molecule has 0 heterocycles. The van der Waals surface area contributed by atoms with E-state index in [0.717, 1.165) is 13.0 Å². The van der Waals surface area contributed by atoms with E-state index in [1.807, 2.05) is 0 Å². The summed E-state index contributed by atoms with van der Waals surface area (Å²) < 4.78 is 0. The van der Waals surface area contributed by atoms with E-state index in [2.05, 4.69) is 52.1 Å². The van der Waals surface area contributed by atoms with Crippen LogP contribution < -0.4 is 5.32 Å². The standard InChI is InChI=1S/C12H23N/c1-10(2)9-12(5)7-6-8-13-11(3)4/h7,9,11,13H,6,8H2,1-5H3. The van der Waals surface area contributed by atoms with Crippen LogP contribution in [-0.4, -0.2) is 12.6 Å². The second kappa shape index (κ2) is 6.90. The molecule has 0 aliphatic heterocycles. The van der Waals surface area contributed by atoms with Gasteiger partial charge in [-0.1, -0.05) is 37.1 Å². The lowest BCUT2D eigenvalue weighted by Crippen LogP contribution is -2.23. The molecule has 0 aliphatic rings. The minimum absolute atomic E-state index is 0.595. The highest BCUT2D eigenvalue weighted by atomic mass is 14.9. The molecule has 0 spiro atoms. The predicted octanol–water partition coefficient (Wildman–Crippen LogP) is 3.29. The molecule has 13 heavy (non-hydrogen) atoms. The lowest BCUT2D eigenvalue weighted by molar-refractivity contribution is 0.594. The minimum Gasteiger partial charge on any atom is -0.314 e. The molecule has 0 amide bonds. The molecule has 0 atom stereocenters. The number of hydrogen-bond acceptors (Lipinski definition) is 1. The van der Waals surface area contributed by atoms with E-state index in [-0.39, 0.29) is 0 Å². The topological polar surface area (TPSA) is 12.0 Å². The molecule has 1 heteroatoms. The zero-order chi connectivity index (χ0) is 10.3. The third kappa shape index (κ3) is 9.35. The molecule has 0 unspecified atom stereocenters. The van der Waals surface area contributed by atoms with E-state index < -0.39 is 0 Å². The van der Waals surface area contributed by atoms with Crippen LogP contribution in [0, 0.1) is 0 Å². The van der Waals surface area contributed by atoms with Crippen LogP contribution in [0.4, 0.5) is 0 Å². The van der Waals surface area contributed by atoms with Gasteiger partial charge in [-0.15, -0.1) is 0 Å². The lowest BCUT2D eigenvalue weighted by Gasteiger charge is -2.05. The molecule has 0 bridgehead atoms. The van der Waals surface area contributed by atoms with E-state index in [4.69, 9.17) is 0 Å². The normalized spacial score (nSPS) is 12.0. The molecular formula is C12H23N. The average Bonchev–Trinajstić information content (AvgIpc) is 1.96. The number of allylic oxidation sites excluding steroid dienone is 3. The summed E-state index contributed by atoms with van der Waals surface area (Å²) in [5.74, 6) is 0. The van der Waals surface area contributed by atoms with E-state index in [0.29, 0.717) is 6.04 Å². The van der Waals surface area contributed by atoms with Crippen LogP contribution in [0.5, 0.6) is 0 Å². The van der Waals surface area contributed by atoms with Gasteiger partial charge in [0, 0.05) is 6.04 Å². The van der Waals surface area contributed by atoms with Crippen molar-refractivity contribution in [1.29, 1.82) is 0 Å². The zero-order valence-corrected chi connectivity index (χ0v) is 9.65. The maximum atomic E-state index is 3.39. The molecule has 0 aromatic rings. The van der Waals surface area contributed by atoms with E-state index >= 15 is 0 Å². The van der Waals surface area contributed by atoms with Crippen LogP contribution in [0.3, 0.4) is 0 Å². The summed E-state index contributed by atoms with van der Waals surface area (Å²) in [5, 5.41) is 3.39. The van der Waals surface area contributed by atoms with E-state index in [1.165, 1.54) is 11.1 Å².